The van der Waals surface area contributed by atoms with Crippen LogP contribution in [0.5, 0.6) is 34.5 Å². The fourth-order valence-electron chi connectivity index (χ4n) is 3.47. The number of rotatable bonds is 3. The molecule has 0 bridgehead atoms. The molecular weight excluding hydrogens is 392 g/mol. The number of phenolic OH excluding ortho intramolecular Hbond substituents is 5. The molecule has 30 heavy (non-hydrogen) atoms. The maximum absolute atomic E-state index is 12.8. The van der Waals surface area contributed by atoms with Crippen molar-refractivity contribution in [2.45, 2.75) is 18.6 Å². The van der Waals surface area contributed by atoms with Crippen molar-refractivity contribution in [2.24, 2.45) is 0 Å². The Balaban J connectivity index is 1.82. The Bertz CT molecular complexity index is 1140. The Morgan fingerprint density at radius 1 is 0.800 bits per heavy atom. The summed E-state index contributed by atoms with van der Waals surface area (Å²) < 4.78 is 5.85. The molecule has 8 heteroatoms. The molecule has 0 spiro atoms. The minimum Gasteiger partial charge on any atom is -0.508 e. The first-order valence-electron chi connectivity index (χ1n) is 9.02. The second-order valence-electron chi connectivity index (χ2n) is 7.04. The van der Waals surface area contributed by atoms with E-state index in [1.54, 1.807) is 12.1 Å². The van der Waals surface area contributed by atoms with Gasteiger partial charge in [-0.05, 0) is 35.4 Å². The topological polar surface area (TPSA) is 148 Å². The van der Waals surface area contributed by atoms with Crippen LogP contribution in [-0.2, 0) is 6.42 Å². The molecule has 1 aliphatic rings. The smallest absolute Gasteiger partial charge is 0.202 e. The average Bonchev–Trinajstić information content (AvgIpc) is 2.70. The Kier molecular flexibility index (Phi) is 4.63. The third-order valence-electron chi connectivity index (χ3n) is 5.03. The zero-order chi connectivity index (χ0) is 21.6. The van der Waals surface area contributed by atoms with Gasteiger partial charge >= 0.3 is 0 Å². The molecule has 0 unspecified atom stereocenters. The summed E-state index contributed by atoms with van der Waals surface area (Å²) in [5, 5.41) is 59.8. The number of ketones is 1. The maximum atomic E-state index is 12.8. The molecule has 154 valence electrons. The van der Waals surface area contributed by atoms with Gasteiger partial charge in [-0.2, -0.15) is 0 Å². The van der Waals surface area contributed by atoms with E-state index in [2.05, 4.69) is 0 Å². The third-order valence-corrected chi connectivity index (χ3v) is 5.03. The van der Waals surface area contributed by atoms with Crippen molar-refractivity contribution in [1.29, 1.82) is 0 Å². The van der Waals surface area contributed by atoms with Crippen molar-refractivity contribution in [3.05, 3.63) is 70.8 Å². The molecule has 0 saturated carbocycles. The van der Waals surface area contributed by atoms with E-state index in [0.29, 0.717) is 5.56 Å². The van der Waals surface area contributed by atoms with Crippen LogP contribution in [0.2, 0.25) is 0 Å². The van der Waals surface area contributed by atoms with Crippen LogP contribution in [0.15, 0.2) is 48.5 Å². The maximum Gasteiger partial charge on any atom is 0.202 e. The second kappa shape index (κ2) is 7.16. The van der Waals surface area contributed by atoms with E-state index in [1.807, 2.05) is 0 Å². The van der Waals surface area contributed by atoms with Gasteiger partial charge < -0.3 is 35.4 Å². The minimum absolute atomic E-state index is 0.0671. The van der Waals surface area contributed by atoms with Crippen LogP contribution in [0.25, 0.3) is 0 Å². The second-order valence-corrected chi connectivity index (χ2v) is 7.04. The van der Waals surface area contributed by atoms with E-state index in [0.717, 1.165) is 12.1 Å². The van der Waals surface area contributed by atoms with Crippen molar-refractivity contribution in [3.63, 3.8) is 0 Å². The molecule has 0 radical (unpaired) electrons. The van der Waals surface area contributed by atoms with Gasteiger partial charge in [0.05, 0.1) is 0 Å². The van der Waals surface area contributed by atoms with Crippen LogP contribution in [0.4, 0.5) is 0 Å². The summed E-state index contributed by atoms with van der Waals surface area (Å²) in [6.45, 7) is 0. The molecule has 1 heterocycles. The number of hydrogen-bond donors (Lipinski definition) is 6. The van der Waals surface area contributed by atoms with Gasteiger partial charge in [-0.1, -0.05) is 18.2 Å². The number of fused-ring (bicyclic) bond motifs is 1. The summed E-state index contributed by atoms with van der Waals surface area (Å²) in [6.07, 6.45) is -2.80. The molecule has 3 aromatic rings. The highest BCUT2D eigenvalue weighted by Crippen LogP contribution is 2.46. The van der Waals surface area contributed by atoms with Crippen LogP contribution in [0.3, 0.4) is 0 Å². The van der Waals surface area contributed by atoms with Gasteiger partial charge in [0.2, 0.25) is 5.78 Å². The Labute approximate surface area is 170 Å². The normalized spacial score (nSPS) is 18.0. The molecule has 0 fully saturated rings. The number of ether oxygens (including phenoxy) is 1. The van der Waals surface area contributed by atoms with Gasteiger partial charge in [0.1, 0.15) is 28.6 Å². The van der Waals surface area contributed by atoms with Crippen molar-refractivity contribution in [3.8, 4) is 34.5 Å². The first kappa shape index (κ1) is 19.4. The van der Waals surface area contributed by atoms with Gasteiger partial charge in [0.15, 0.2) is 23.7 Å². The number of hydrogen-bond acceptors (Lipinski definition) is 8. The highest BCUT2D eigenvalue weighted by Gasteiger charge is 2.41. The number of aliphatic hydroxyl groups is 1. The lowest BCUT2D eigenvalue weighted by Crippen LogP contribution is -2.36. The summed E-state index contributed by atoms with van der Waals surface area (Å²) in [7, 11) is 0. The largest absolute Gasteiger partial charge is 0.508 e. The average molecular weight is 410 g/mol. The van der Waals surface area contributed by atoms with Crippen molar-refractivity contribution < 1.29 is 40.2 Å². The van der Waals surface area contributed by atoms with Crippen LogP contribution < -0.4 is 4.74 Å². The van der Waals surface area contributed by atoms with Crippen molar-refractivity contribution in [2.75, 3.05) is 0 Å². The first-order chi connectivity index (χ1) is 14.3. The molecule has 0 saturated heterocycles. The number of Topliss-reactive ketones (excluding diaryl/α,β-unsaturated/α-hetero) is 1. The Morgan fingerprint density at radius 2 is 1.50 bits per heavy atom. The Morgan fingerprint density at radius 3 is 2.17 bits per heavy atom. The van der Waals surface area contributed by atoms with E-state index in [1.165, 1.54) is 24.3 Å². The quantitative estimate of drug-likeness (QED) is 0.361. The molecule has 0 amide bonds. The van der Waals surface area contributed by atoms with Crippen LogP contribution in [-0.4, -0.2) is 42.5 Å². The molecular formula is C22H18O8. The molecule has 4 rings (SSSR count). The predicted molar refractivity (Wildman–Crippen MR) is 104 cm³/mol. The standard InChI is InChI=1S/C22H18O8/c23-12-4-1-10(2-5-12)7-13-15(25)9-17(27)18-19(28)20(29)21(30-22(13)18)11-3-6-14(24)16(26)8-11/h1-6,8-9,20-21,23-27,29H,7H2/t20-,21-/m0/s1. The highest BCUT2D eigenvalue weighted by atomic mass is 16.5. The molecule has 0 aliphatic carbocycles. The Hall–Kier alpha value is -3.91. The lowest BCUT2D eigenvalue weighted by molar-refractivity contribution is 0.0205. The van der Waals surface area contributed by atoms with Gasteiger partial charge in [-0.25, -0.2) is 0 Å². The fourth-order valence-corrected chi connectivity index (χ4v) is 3.47. The zero-order valence-corrected chi connectivity index (χ0v) is 15.5. The summed E-state index contributed by atoms with van der Waals surface area (Å²) >= 11 is 0. The van der Waals surface area contributed by atoms with Gasteiger partial charge in [0.25, 0.3) is 0 Å². The molecule has 2 atom stereocenters. The lowest BCUT2D eigenvalue weighted by Gasteiger charge is -2.32. The predicted octanol–water partition coefficient (Wildman–Crippen LogP) is 2.48. The molecule has 3 aromatic carbocycles. The van der Waals surface area contributed by atoms with E-state index in [9.17, 15) is 35.4 Å². The summed E-state index contributed by atoms with van der Waals surface area (Å²) in [4.78, 5) is 12.8. The number of benzene rings is 3. The van der Waals surface area contributed by atoms with Crippen LogP contribution >= 0.6 is 0 Å². The highest BCUT2D eigenvalue weighted by molar-refractivity contribution is 6.06. The molecule has 6 N–H and O–H groups in total. The monoisotopic (exact) mass is 410 g/mol. The van der Waals surface area contributed by atoms with E-state index in [4.69, 9.17) is 4.74 Å². The van der Waals surface area contributed by atoms with Crippen LogP contribution in [0, 0.1) is 0 Å². The number of aliphatic hydroxyl groups excluding tert-OH is 1. The zero-order valence-electron chi connectivity index (χ0n) is 15.5. The SMILES string of the molecule is O=C1c2c(O)cc(O)c(Cc3ccc(O)cc3)c2O[C@@H](c2ccc(O)c(O)c2)[C@H]1O. The summed E-state index contributed by atoms with van der Waals surface area (Å²) in [5.41, 5.74) is 0.863. The van der Waals surface area contributed by atoms with Crippen molar-refractivity contribution in [1.82, 2.24) is 0 Å². The number of carbonyl (C=O) groups excluding carboxylic acids is 1. The molecule has 0 aromatic heterocycles. The lowest BCUT2D eigenvalue weighted by atomic mass is 9.89. The van der Waals surface area contributed by atoms with E-state index < -0.39 is 29.5 Å². The first-order valence-corrected chi connectivity index (χ1v) is 9.02. The van der Waals surface area contributed by atoms with Gasteiger partial charge in [0, 0.05) is 18.1 Å². The molecule has 1 aliphatic heterocycles. The number of phenols is 5. The van der Waals surface area contributed by atoms with E-state index >= 15 is 0 Å². The third kappa shape index (κ3) is 3.23. The van der Waals surface area contributed by atoms with E-state index in [-0.39, 0.29) is 46.1 Å². The summed E-state index contributed by atoms with van der Waals surface area (Å²) in [6, 6.07) is 10.9. The van der Waals surface area contributed by atoms with Crippen LogP contribution in [0.1, 0.15) is 33.2 Å². The van der Waals surface area contributed by atoms with Gasteiger partial charge in [-0.15, -0.1) is 0 Å². The number of aromatic hydroxyl groups is 5. The fraction of sp³-hybridized carbons (Fsp3) is 0.136. The van der Waals surface area contributed by atoms with Gasteiger partial charge in [-0.3, -0.25) is 4.79 Å². The molecule has 8 nitrogen and oxygen atoms in total. The summed E-state index contributed by atoms with van der Waals surface area (Å²) in [5.74, 6) is -2.50. The van der Waals surface area contributed by atoms with Crippen molar-refractivity contribution >= 4 is 5.78 Å². The number of carbonyl (C=O) groups is 1. The minimum atomic E-state index is -1.68.